The quantitative estimate of drug-likeness (QED) is 0.531. The van der Waals surface area contributed by atoms with E-state index >= 15 is 0 Å². The Morgan fingerprint density at radius 1 is 1.03 bits per heavy atom. The summed E-state index contributed by atoms with van der Waals surface area (Å²) in [5.74, 6) is 1.44. The third-order valence-corrected chi connectivity index (χ3v) is 6.85. The van der Waals surface area contributed by atoms with Crippen LogP contribution in [-0.2, 0) is 0 Å². The lowest BCUT2D eigenvalue weighted by Gasteiger charge is -2.35. The number of nitrogens with zero attached hydrogens (tertiary/aromatic N) is 5. The average molecular weight is 472 g/mol. The Labute approximate surface area is 202 Å². The molecule has 1 aromatic carbocycles. The van der Waals surface area contributed by atoms with Gasteiger partial charge >= 0.3 is 0 Å². The van der Waals surface area contributed by atoms with Crippen LogP contribution < -0.4 is 20.3 Å². The smallest absolute Gasteiger partial charge is 0.233 e. The number of hydrogen-bond acceptors (Lipinski definition) is 8. The first kappa shape index (κ1) is 24.4. The van der Waals surface area contributed by atoms with Crippen molar-refractivity contribution in [3.05, 3.63) is 24.0 Å². The molecule has 34 heavy (non-hydrogen) atoms. The average Bonchev–Trinajstić information content (AvgIpc) is 3.09. The molecule has 2 fully saturated rings. The van der Waals surface area contributed by atoms with E-state index in [1.54, 1.807) is 12.1 Å². The molecule has 2 heterocycles. The molecule has 4 rings (SSSR count). The number of hydrogen-bond donors (Lipinski definition) is 2. The Morgan fingerprint density at radius 2 is 1.74 bits per heavy atom. The van der Waals surface area contributed by atoms with Crippen molar-refractivity contribution in [1.82, 2.24) is 19.9 Å². The number of benzene rings is 1. The summed E-state index contributed by atoms with van der Waals surface area (Å²) in [5.41, 5.74) is 0.570. The molecule has 0 spiro atoms. The van der Waals surface area contributed by atoms with Gasteiger partial charge in [0.05, 0.1) is 6.61 Å². The molecule has 1 saturated carbocycles. The van der Waals surface area contributed by atoms with Crippen LogP contribution in [0.3, 0.4) is 0 Å². The number of halogens is 1. The van der Waals surface area contributed by atoms with Crippen molar-refractivity contribution >= 4 is 23.5 Å². The largest absolute Gasteiger partial charge is 0.491 e. The molecule has 1 aromatic heterocycles. The summed E-state index contributed by atoms with van der Waals surface area (Å²) in [6, 6.07) is 5.55. The van der Waals surface area contributed by atoms with E-state index in [-0.39, 0.29) is 5.75 Å². The molecule has 186 valence electrons. The summed E-state index contributed by atoms with van der Waals surface area (Å²) in [5, 5.41) is 6.73. The highest BCUT2D eigenvalue weighted by Crippen LogP contribution is 2.26. The third-order valence-electron chi connectivity index (χ3n) is 6.85. The maximum Gasteiger partial charge on any atom is 0.233 e. The number of ether oxygens (including phenoxy) is 1. The minimum absolute atomic E-state index is 0.238. The number of rotatable bonds is 8. The molecule has 9 heteroatoms. The van der Waals surface area contributed by atoms with Gasteiger partial charge in [-0.1, -0.05) is 25.7 Å². The zero-order valence-electron chi connectivity index (χ0n) is 20.7. The number of likely N-dealkylation sites (tertiary alicyclic amines) is 1. The molecule has 0 atom stereocenters. The fourth-order valence-corrected chi connectivity index (χ4v) is 4.78. The first-order valence-electron chi connectivity index (χ1n) is 12.6. The Bertz CT molecular complexity index is 927. The predicted octanol–water partition coefficient (Wildman–Crippen LogP) is 4.82. The molecule has 0 bridgehead atoms. The van der Waals surface area contributed by atoms with E-state index in [1.807, 2.05) is 6.92 Å². The Balaban J connectivity index is 1.57. The third kappa shape index (κ3) is 6.46. The zero-order chi connectivity index (χ0) is 23.9. The second-order valence-electron chi connectivity index (χ2n) is 9.46. The number of aromatic nitrogens is 3. The van der Waals surface area contributed by atoms with Crippen LogP contribution in [0, 0.1) is 5.82 Å². The van der Waals surface area contributed by atoms with Crippen molar-refractivity contribution in [3.63, 3.8) is 0 Å². The van der Waals surface area contributed by atoms with Gasteiger partial charge < -0.3 is 25.2 Å². The fraction of sp³-hybridized carbons (Fsp3) is 0.640. The molecule has 2 N–H and O–H groups in total. The van der Waals surface area contributed by atoms with Crippen molar-refractivity contribution < 1.29 is 9.13 Å². The molecule has 0 unspecified atom stereocenters. The molecule has 1 saturated heterocycles. The van der Waals surface area contributed by atoms with Gasteiger partial charge in [-0.05, 0) is 64.9 Å². The van der Waals surface area contributed by atoms with E-state index < -0.39 is 5.82 Å². The van der Waals surface area contributed by atoms with Gasteiger partial charge in [-0.25, -0.2) is 4.39 Å². The molecule has 1 aliphatic carbocycles. The van der Waals surface area contributed by atoms with E-state index in [9.17, 15) is 4.39 Å². The maximum atomic E-state index is 14.4. The van der Waals surface area contributed by atoms with Crippen molar-refractivity contribution in [3.8, 4) is 5.75 Å². The first-order valence-corrected chi connectivity index (χ1v) is 12.6. The summed E-state index contributed by atoms with van der Waals surface area (Å²) in [6.07, 6.45) is 9.40. The van der Waals surface area contributed by atoms with Gasteiger partial charge in [-0.2, -0.15) is 15.0 Å². The summed E-state index contributed by atoms with van der Waals surface area (Å²) < 4.78 is 19.7. The van der Waals surface area contributed by atoms with Crippen LogP contribution in [0.4, 0.5) is 27.9 Å². The highest BCUT2D eigenvalue weighted by Gasteiger charge is 2.24. The Morgan fingerprint density at radius 3 is 2.41 bits per heavy atom. The maximum absolute atomic E-state index is 14.4. The fourth-order valence-electron chi connectivity index (χ4n) is 4.78. The minimum atomic E-state index is -0.415. The van der Waals surface area contributed by atoms with Crippen LogP contribution >= 0.6 is 0 Å². The van der Waals surface area contributed by atoms with Gasteiger partial charge in [-0.15, -0.1) is 0 Å². The lowest BCUT2D eigenvalue weighted by Crippen LogP contribution is -2.42. The van der Waals surface area contributed by atoms with Crippen molar-refractivity contribution in [2.45, 2.75) is 70.4 Å². The summed E-state index contributed by atoms with van der Waals surface area (Å²) >= 11 is 0. The van der Waals surface area contributed by atoms with Gasteiger partial charge in [0.15, 0.2) is 11.6 Å². The molecular formula is C25H38FN7O. The van der Waals surface area contributed by atoms with Crippen LogP contribution in [0.2, 0.25) is 0 Å². The number of piperidine rings is 1. The molecule has 2 aromatic rings. The van der Waals surface area contributed by atoms with E-state index in [0.717, 1.165) is 38.8 Å². The predicted molar refractivity (Wildman–Crippen MR) is 135 cm³/mol. The zero-order valence-corrected chi connectivity index (χ0v) is 20.7. The first-order chi connectivity index (χ1) is 16.5. The summed E-state index contributed by atoms with van der Waals surface area (Å²) in [4.78, 5) is 18.7. The highest BCUT2D eigenvalue weighted by atomic mass is 19.1. The second-order valence-corrected chi connectivity index (χ2v) is 9.46. The van der Waals surface area contributed by atoms with Gasteiger partial charge in [-0.3, -0.25) is 0 Å². The summed E-state index contributed by atoms with van der Waals surface area (Å²) in [6.45, 7) is 4.37. The molecule has 1 aliphatic heterocycles. The minimum Gasteiger partial charge on any atom is -0.491 e. The highest BCUT2D eigenvalue weighted by molar-refractivity contribution is 5.57. The van der Waals surface area contributed by atoms with Crippen LogP contribution in [0.1, 0.15) is 58.3 Å². The normalized spacial score (nSPS) is 18.4. The molecule has 0 radical (unpaired) electrons. The SMILES string of the molecule is CCOc1ccc(Nc2nc(NC3CCCCCC3)nc(N(C)C3CCN(C)CC3)n2)cc1F. The Kier molecular flexibility index (Phi) is 8.37. The van der Waals surface area contributed by atoms with Crippen LogP contribution in [0.15, 0.2) is 18.2 Å². The van der Waals surface area contributed by atoms with Crippen LogP contribution in [0.5, 0.6) is 5.75 Å². The van der Waals surface area contributed by atoms with Gasteiger partial charge in [0.25, 0.3) is 0 Å². The number of anilines is 4. The topological polar surface area (TPSA) is 78.4 Å². The Hall–Kier alpha value is -2.68. The lowest BCUT2D eigenvalue weighted by molar-refractivity contribution is 0.252. The van der Waals surface area contributed by atoms with E-state index in [2.05, 4.69) is 39.5 Å². The van der Waals surface area contributed by atoms with E-state index in [4.69, 9.17) is 14.7 Å². The van der Waals surface area contributed by atoms with E-state index in [1.165, 1.54) is 31.7 Å². The van der Waals surface area contributed by atoms with Gasteiger partial charge in [0.2, 0.25) is 17.8 Å². The van der Waals surface area contributed by atoms with Crippen molar-refractivity contribution in [2.24, 2.45) is 0 Å². The molecule has 2 aliphatic rings. The monoisotopic (exact) mass is 471 g/mol. The van der Waals surface area contributed by atoms with Crippen molar-refractivity contribution in [2.75, 3.05) is 49.3 Å². The number of nitrogens with one attached hydrogen (secondary N) is 2. The van der Waals surface area contributed by atoms with Crippen LogP contribution in [0.25, 0.3) is 0 Å². The summed E-state index contributed by atoms with van der Waals surface area (Å²) in [7, 11) is 4.22. The second kappa shape index (κ2) is 11.6. The van der Waals surface area contributed by atoms with Gasteiger partial charge in [0, 0.05) is 30.9 Å². The van der Waals surface area contributed by atoms with Crippen molar-refractivity contribution in [1.29, 1.82) is 0 Å². The lowest BCUT2D eigenvalue weighted by atomic mass is 10.0. The molecule has 8 nitrogen and oxygen atoms in total. The van der Waals surface area contributed by atoms with Gasteiger partial charge in [0.1, 0.15) is 0 Å². The van der Waals surface area contributed by atoms with Crippen LogP contribution in [-0.4, -0.2) is 65.7 Å². The molecular weight excluding hydrogens is 433 g/mol. The molecule has 0 amide bonds. The van der Waals surface area contributed by atoms with E-state index in [0.29, 0.717) is 42.2 Å². The standard InChI is InChI=1S/C25H38FN7O/c1-4-34-22-12-11-19(17-21(22)26)28-24-29-23(27-18-9-7-5-6-8-10-18)30-25(31-24)33(3)20-13-15-32(2)16-14-20/h11-12,17-18,20H,4-10,13-16H2,1-3H3,(H2,27,28,29,30,31).